The summed E-state index contributed by atoms with van der Waals surface area (Å²) in [5, 5.41) is 0. The van der Waals surface area contributed by atoms with Gasteiger partial charge in [0.05, 0.1) is 10.8 Å². The van der Waals surface area contributed by atoms with Crippen molar-refractivity contribution in [1.82, 2.24) is 4.98 Å². The fraction of sp³-hybridized carbons (Fsp3) is 0.286. The highest BCUT2D eigenvalue weighted by Crippen LogP contribution is 2.29. The number of methoxy groups -OCH3 is 1. The van der Waals surface area contributed by atoms with Crippen molar-refractivity contribution in [3.8, 4) is 11.5 Å². The van der Waals surface area contributed by atoms with Crippen LogP contribution < -0.4 is 15.0 Å². The molecule has 84 valence electrons. The maximum absolute atomic E-state index is 11.9. The molecular weight excluding hydrogens is 330 g/mol. The number of aromatic nitrogens is 1. The van der Waals surface area contributed by atoms with Crippen LogP contribution in [0.25, 0.3) is 0 Å². The minimum absolute atomic E-state index is 0.220. The molecule has 1 aromatic rings. The summed E-state index contributed by atoms with van der Waals surface area (Å²) >= 11 is 1.66. The molecule has 0 aromatic carbocycles. The van der Waals surface area contributed by atoms with E-state index in [2.05, 4.69) is 14.5 Å². The predicted octanol–water partition coefficient (Wildman–Crippen LogP) is 1.89. The Morgan fingerprint density at radius 2 is 2.07 bits per heavy atom. The first-order chi connectivity index (χ1) is 6.83. The average molecular weight is 335 g/mol. The second-order valence-electron chi connectivity index (χ2n) is 2.39. The van der Waals surface area contributed by atoms with Crippen molar-refractivity contribution in [2.24, 2.45) is 0 Å². The van der Waals surface area contributed by atoms with Crippen molar-refractivity contribution in [3.05, 3.63) is 20.1 Å². The number of hydrogen-bond acceptors (Lipinski definition) is 3. The molecule has 0 spiro atoms. The summed E-state index contributed by atoms with van der Waals surface area (Å²) in [5.41, 5.74) is -0.774. The Balaban J connectivity index is 3.21. The Morgan fingerprint density at radius 3 is 2.53 bits per heavy atom. The van der Waals surface area contributed by atoms with E-state index in [-0.39, 0.29) is 3.70 Å². The lowest BCUT2D eigenvalue weighted by Crippen LogP contribution is -2.20. The van der Waals surface area contributed by atoms with Crippen LogP contribution in [0.3, 0.4) is 0 Å². The average Bonchev–Trinajstić information content (AvgIpc) is 1.99. The van der Waals surface area contributed by atoms with E-state index in [4.69, 9.17) is 0 Å². The number of nitrogens with one attached hydrogen (secondary N) is 1. The predicted molar refractivity (Wildman–Crippen MR) is 53.0 cm³/mol. The zero-order valence-corrected chi connectivity index (χ0v) is 9.47. The second-order valence-corrected chi connectivity index (χ2v) is 3.55. The molecule has 0 bridgehead atoms. The first-order valence-corrected chi connectivity index (χ1v) is 4.64. The van der Waals surface area contributed by atoms with E-state index in [9.17, 15) is 18.0 Å². The lowest BCUT2D eigenvalue weighted by molar-refractivity contribution is -0.275. The van der Waals surface area contributed by atoms with Crippen LogP contribution in [0.1, 0.15) is 0 Å². The highest BCUT2D eigenvalue weighted by Gasteiger charge is 2.33. The number of aromatic amines is 1. The molecule has 0 saturated carbocycles. The van der Waals surface area contributed by atoms with Gasteiger partial charge in [-0.05, 0) is 22.6 Å². The number of H-pyrrole nitrogens is 1. The van der Waals surface area contributed by atoms with Gasteiger partial charge in [0.1, 0.15) is 0 Å². The normalized spacial score (nSPS) is 11.3. The summed E-state index contributed by atoms with van der Waals surface area (Å²) in [6, 6.07) is 1.02. The summed E-state index contributed by atoms with van der Waals surface area (Å²) in [5.74, 6) is -1.16. The summed E-state index contributed by atoms with van der Waals surface area (Å²) < 4.78 is 44.1. The van der Waals surface area contributed by atoms with Gasteiger partial charge in [-0.15, -0.1) is 13.2 Å². The van der Waals surface area contributed by atoms with E-state index in [0.717, 1.165) is 13.2 Å². The molecule has 8 heteroatoms. The monoisotopic (exact) mass is 335 g/mol. The van der Waals surface area contributed by atoms with Gasteiger partial charge < -0.3 is 14.5 Å². The fourth-order valence-corrected chi connectivity index (χ4v) is 1.42. The molecule has 0 aliphatic heterocycles. The van der Waals surface area contributed by atoms with Gasteiger partial charge in [-0.2, -0.15) is 0 Å². The number of ether oxygens (including phenoxy) is 2. The molecule has 1 rings (SSSR count). The van der Waals surface area contributed by atoms with E-state index in [1.807, 2.05) is 0 Å². The molecule has 1 aromatic heterocycles. The molecule has 1 N–H and O–H groups in total. The van der Waals surface area contributed by atoms with Crippen molar-refractivity contribution in [2.75, 3.05) is 7.11 Å². The standard InChI is InChI=1S/C7H5F3INO3/c1-14-5-3(15-7(8,9)10)2-4(11)12-6(5)13/h2H,1H3,(H,12,13). The minimum atomic E-state index is -4.86. The summed E-state index contributed by atoms with van der Waals surface area (Å²) in [4.78, 5) is 13.4. The molecule has 0 fully saturated rings. The van der Waals surface area contributed by atoms with Crippen LogP contribution in [0, 0.1) is 3.70 Å². The number of halogens is 4. The molecule has 0 atom stereocenters. The Morgan fingerprint density at radius 1 is 1.47 bits per heavy atom. The van der Waals surface area contributed by atoms with E-state index in [0.29, 0.717) is 0 Å². The summed E-state index contributed by atoms with van der Waals surface area (Å²) in [7, 11) is 1.08. The zero-order chi connectivity index (χ0) is 11.6. The van der Waals surface area contributed by atoms with Gasteiger partial charge in [-0.25, -0.2) is 0 Å². The largest absolute Gasteiger partial charge is 0.573 e. The quantitative estimate of drug-likeness (QED) is 0.663. The third-order valence-electron chi connectivity index (χ3n) is 1.35. The molecule has 0 amide bonds. The SMILES string of the molecule is COc1c(OC(F)(F)F)cc(I)[nH]c1=O. The molecule has 0 aliphatic rings. The zero-order valence-electron chi connectivity index (χ0n) is 7.31. The van der Waals surface area contributed by atoms with Crippen LogP contribution in [0.5, 0.6) is 11.5 Å². The number of pyridine rings is 1. The first kappa shape index (κ1) is 12.1. The van der Waals surface area contributed by atoms with Crippen LogP contribution in [0.2, 0.25) is 0 Å². The van der Waals surface area contributed by atoms with Crippen LogP contribution in [-0.2, 0) is 0 Å². The van der Waals surface area contributed by atoms with Crippen molar-refractivity contribution >= 4 is 22.6 Å². The molecule has 0 aliphatic carbocycles. The number of alkyl halides is 3. The van der Waals surface area contributed by atoms with Crippen LogP contribution in [0.15, 0.2) is 10.9 Å². The van der Waals surface area contributed by atoms with Gasteiger partial charge in [-0.3, -0.25) is 4.79 Å². The Hall–Kier alpha value is -0.930. The second kappa shape index (κ2) is 4.29. The summed E-state index contributed by atoms with van der Waals surface area (Å²) in [6.07, 6.45) is -4.86. The molecule has 0 saturated heterocycles. The molecule has 15 heavy (non-hydrogen) atoms. The van der Waals surface area contributed by atoms with Crippen molar-refractivity contribution in [1.29, 1.82) is 0 Å². The van der Waals surface area contributed by atoms with Gasteiger partial charge >= 0.3 is 6.36 Å². The van der Waals surface area contributed by atoms with Gasteiger partial charge in [0, 0.05) is 6.07 Å². The maximum Gasteiger partial charge on any atom is 0.573 e. The van der Waals surface area contributed by atoms with E-state index < -0.39 is 23.4 Å². The number of hydrogen-bond donors (Lipinski definition) is 1. The Kier molecular flexibility index (Phi) is 3.47. The lowest BCUT2D eigenvalue weighted by atomic mass is 10.4. The topological polar surface area (TPSA) is 51.3 Å². The van der Waals surface area contributed by atoms with Gasteiger partial charge in [0.2, 0.25) is 5.75 Å². The van der Waals surface area contributed by atoms with Gasteiger partial charge in [0.25, 0.3) is 5.56 Å². The van der Waals surface area contributed by atoms with Gasteiger partial charge in [0.15, 0.2) is 5.75 Å². The van der Waals surface area contributed by atoms with Crippen molar-refractivity contribution < 1.29 is 22.6 Å². The molecule has 0 radical (unpaired) electrons. The number of rotatable bonds is 2. The Labute approximate surface area is 95.5 Å². The highest BCUT2D eigenvalue weighted by atomic mass is 127. The first-order valence-electron chi connectivity index (χ1n) is 3.56. The van der Waals surface area contributed by atoms with Crippen LogP contribution in [0.4, 0.5) is 13.2 Å². The van der Waals surface area contributed by atoms with E-state index >= 15 is 0 Å². The minimum Gasteiger partial charge on any atom is -0.488 e. The fourth-order valence-electron chi connectivity index (χ4n) is 0.888. The van der Waals surface area contributed by atoms with Crippen molar-refractivity contribution in [2.45, 2.75) is 6.36 Å². The van der Waals surface area contributed by atoms with E-state index in [1.54, 1.807) is 22.6 Å². The molecule has 1 heterocycles. The summed E-state index contributed by atoms with van der Waals surface area (Å²) in [6.45, 7) is 0. The van der Waals surface area contributed by atoms with Crippen molar-refractivity contribution in [3.63, 3.8) is 0 Å². The highest BCUT2D eigenvalue weighted by molar-refractivity contribution is 14.1. The smallest absolute Gasteiger partial charge is 0.488 e. The third-order valence-corrected chi connectivity index (χ3v) is 1.93. The Bertz CT molecular complexity index is 415. The lowest BCUT2D eigenvalue weighted by Gasteiger charge is -2.11. The molecule has 4 nitrogen and oxygen atoms in total. The molecule has 0 unspecified atom stereocenters. The molecular formula is C7H5F3INO3. The maximum atomic E-state index is 11.9. The van der Waals surface area contributed by atoms with E-state index in [1.165, 1.54) is 0 Å². The third kappa shape index (κ3) is 3.29. The van der Waals surface area contributed by atoms with Gasteiger partial charge in [-0.1, -0.05) is 0 Å². The van der Waals surface area contributed by atoms with Crippen LogP contribution in [-0.4, -0.2) is 18.5 Å². The van der Waals surface area contributed by atoms with Crippen LogP contribution >= 0.6 is 22.6 Å².